The minimum absolute atomic E-state index is 0.0294. The minimum Gasteiger partial charge on any atom is -0.481 e. The molecule has 0 radical (unpaired) electrons. The summed E-state index contributed by atoms with van der Waals surface area (Å²) in [6, 6.07) is 17.0. The highest BCUT2D eigenvalue weighted by Gasteiger charge is 2.44. The second-order valence-electron chi connectivity index (χ2n) is 28.9. The van der Waals surface area contributed by atoms with Crippen molar-refractivity contribution in [3.63, 3.8) is 0 Å². The van der Waals surface area contributed by atoms with Gasteiger partial charge in [-0.05, 0) is 150 Å². The summed E-state index contributed by atoms with van der Waals surface area (Å²) in [6.07, 6.45) is 11.0. The zero-order chi connectivity index (χ0) is 81.4. The molecule has 3 amide bonds. The molecule has 2 aromatic heterocycles. The number of likely N-dealkylation sites (tertiary alicyclic amines) is 2. The molecule has 0 spiro atoms. The summed E-state index contributed by atoms with van der Waals surface area (Å²) in [5.74, 6) is -6.04. The first-order valence-electron chi connectivity index (χ1n) is 37.1. The molecule has 2 unspecified atom stereocenters. The Kier molecular flexibility index (Phi) is 46.9. The number of aromatic carboxylic acids is 1. The van der Waals surface area contributed by atoms with Crippen molar-refractivity contribution in [3.05, 3.63) is 103 Å². The average molecular weight is 1600 g/mol. The summed E-state index contributed by atoms with van der Waals surface area (Å²) in [7, 11) is 7.47. The fourth-order valence-electron chi connectivity index (χ4n) is 12.1. The molecule has 6 rings (SSSR count). The molecular weight excluding hydrogens is 1480 g/mol. The molecule has 2 aliphatic rings. The maximum absolute atomic E-state index is 14.4. The van der Waals surface area contributed by atoms with Gasteiger partial charge in [-0.15, -0.1) is 22.7 Å². The standard InChI is InChI=1S/C42H65N5O7S.C12H17NO2.C7H13NO2.C7H15NO.C6H13NO2.C4H2BrNO2S/c1-11-27(5)36(45-38(50)33-20-16-17-21-46(33)9)39(51)47(10)34(26(3)4)24-35(54-29(7)48)42(8,12-2)41-44-32(25-55-41)37(49)43-31(22-28(6)40(52)53)23-30-18-14-13-15-19-30;1-9(12(14)15)7-11(13)8-10-5-3-2-4-6-10;1-8-5-3-2-4-6(8)7(9)10;1-6(2)7(8-3)4-5-9;1-3-4(2)5(7)6(8)9;5-4-6-2(1-9-4)3(7)8/h13-15,18-19,25-28,31,33-36H,11-12,16-17,20-24H2,1-10H3,(H,43,49)(H,45,50)(H,52,53);2-6,9,11H,7-8,13H2,1H3,(H,14,15);6H,2-5H2,1H3,(H,9,10);5-8H,4H2,1-3H3;4-5H,3,7H2,1-2H3,(H,8,9);1H,(H,7,8)/t27?,28-,31+,33+,34+,35+,36-,42?;9-,11+;6-;7-;4-,5-;/m00110./s1. The second-order valence-corrected chi connectivity index (χ2v) is 31.9. The van der Waals surface area contributed by atoms with Crippen molar-refractivity contribution in [2.45, 2.75) is 246 Å². The molecule has 0 aliphatic carbocycles. The number of piperidine rings is 2. The van der Waals surface area contributed by atoms with E-state index in [0.29, 0.717) is 59.4 Å². The topological polar surface area (TPSA) is 405 Å². The highest BCUT2D eigenvalue weighted by Crippen LogP contribution is 2.39. The number of aldehydes is 1. The average Bonchev–Trinajstić information content (AvgIpc) is 1.60. The van der Waals surface area contributed by atoms with Crippen molar-refractivity contribution in [2.24, 2.45) is 47.0 Å². The highest BCUT2D eigenvalue weighted by atomic mass is 79.9. The van der Waals surface area contributed by atoms with Crippen molar-refractivity contribution in [3.8, 4) is 0 Å². The van der Waals surface area contributed by atoms with Crippen LogP contribution in [0.1, 0.15) is 211 Å². The van der Waals surface area contributed by atoms with Gasteiger partial charge in [-0.25, -0.2) is 14.8 Å². The molecule has 2 aromatic carbocycles. The second kappa shape index (κ2) is 51.3. The van der Waals surface area contributed by atoms with E-state index in [2.05, 4.69) is 55.6 Å². The van der Waals surface area contributed by atoms with E-state index in [0.717, 1.165) is 81.9 Å². The maximum atomic E-state index is 14.4. The number of amides is 3. The third-order valence-electron chi connectivity index (χ3n) is 19.9. The number of hydrogen-bond donors (Lipinski definition) is 10. The van der Waals surface area contributed by atoms with Crippen LogP contribution in [0.3, 0.4) is 0 Å². The van der Waals surface area contributed by atoms with Crippen LogP contribution >= 0.6 is 38.6 Å². The first-order valence-corrected chi connectivity index (χ1v) is 39.7. The van der Waals surface area contributed by atoms with Crippen LogP contribution in [0.2, 0.25) is 0 Å². The summed E-state index contributed by atoms with van der Waals surface area (Å²) in [4.78, 5) is 132. The predicted molar refractivity (Wildman–Crippen MR) is 423 cm³/mol. The monoisotopic (exact) mass is 1600 g/mol. The number of ether oxygens (including phenoxy) is 1. The van der Waals surface area contributed by atoms with E-state index >= 15 is 0 Å². The lowest BCUT2D eigenvalue weighted by atomic mass is 9.77. The van der Waals surface area contributed by atoms with Crippen LogP contribution in [0.5, 0.6) is 0 Å². The summed E-state index contributed by atoms with van der Waals surface area (Å²) in [6.45, 7) is 26.4. The normalized spacial score (nSPS) is 17.9. The van der Waals surface area contributed by atoms with E-state index in [4.69, 9.17) is 41.6 Å². The smallest absolute Gasteiger partial charge is 0.355 e. The van der Waals surface area contributed by atoms with Gasteiger partial charge >= 0.3 is 35.8 Å². The van der Waals surface area contributed by atoms with E-state index in [9.17, 15) is 53.1 Å². The van der Waals surface area contributed by atoms with E-state index in [1.807, 2.05) is 142 Å². The van der Waals surface area contributed by atoms with E-state index in [1.165, 1.54) is 35.0 Å². The fourth-order valence-corrected chi connectivity index (χ4v) is 14.2. The molecule has 0 bridgehead atoms. The Balaban J connectivity index is 0.000000865. The van der Waals surface area contributed by atoms with Crippen molar-refractivity contribution in [1.82, 2.24) is 40.6 Å². The Labute approximate surface area is 650 Å². The highest BCUT2D eigenvalue weighted by molar-refractivity contribution is 9.11. The number of thiazole rings is 2. The quantitative estimate of drug-likeness (QED) is 0.0153. The molecule has 29 heteroatoms. The number of carbonyl (C=O) groups excluding carboxylic acids is 5. The minimum atomic E-state index is -0.989. The van der Waals surface area contributed by atoms with Gasteiger partial charge in [-0.1, -0.05) is 163 Å². The molecule has 12 N–H and O–H groups in total. The number of esters is 1. The lowest BCUT2D eigenvalue weighted by molar-refractivity contribution is -0.153. The molecule has 0 saturated carbocycles. The van der Waals surface area contributed by atoms with Crippen LogP contribution in [0.15, 0.2) is 75.3 Å². The SMILES string of the molecule is CCC(C)[C@H](NC(=O)[C@H]1CCCCN1C)C(=O)N(C)[C@H](C[C@@H](OC(C)=O)C(C)(CC)c1nc(C(=O)N[C@@H](Cc2ccccc2)C[C@H](C)C(=O)O)cs1)C(C)C.CC[C@H](C)[C@H](N)C(=O)O.CN1CCCC[C@@H]1C(=O)O.CN[C@H](CC=O)C(C)C.C[C@@H](C[C@@H](N)Cc1ccccc1)C(=O)O.O=C(O)c1csc(Br)n1. The van der Waals surface area contributed by atoms with Crippen LogP contribution in [0.4, 0.5) is 0 Å². The van der Waals surface area contributed by atoms with Gasteiger partial charge in [0.25, 0.3) is 5.91 Å². The summed E-state index contributed by atoms with van der Waals surface area (Å²) in [5.41, 5.74) is 12.8. The van der Waals surface area contributed by atoms with Crippen LogP contribution < -0.4 is 27.4 Å². The third-order valence-corrected chi connectivity index (χ3v) is 22.3. The summed E-state index contributed by atoms with van der Waals surface area (Å²) >= 11 is 5.61. The largest absolute Gasteiger partial charge is 0.481 e. The van der Waals surface area contributed by atoms with Crippen molar-refractivity contribution < 1.29 is 78.2 Å². The molecule has 107 heavy (non-hydrogen) atoms. The number of likely N-dealkylation sites (N-methyl/N-ethyl adjacent to an activating group) is 3. The van der Waals surface area contributed by atoms with Gasteiger partial charge in [-0.2, -0.15) is 0 Å². The first kappa shape index (κ1) is 97.9. The van der Waals surface area contributed by atoms with Gasteiger partial charge in [0.1, 0.15) is 41.2 Å². The van der Waals surface area contributed by atoms with Gasteiger partial charge in [0.15, 0.2) is 9.61 Å². The van der Waals surface area contributed by atoms with Gasteiger partial charge in [-0.3, -0.25) is 48.2 Å². The number of halogens is 1. The molecule has 4 aromatic rings. The van der Waals surface area contributed by atoms with Gasteiger partial charge < -0.3 is 67.4 Å². The number of carboxylic acids is 5. The molecule has 4 heterocycles. The molecule has 2 fully saturated rings. The number of aliphatic carboxylic acids is 4. The number of hydrogen-bond acceptors (Lipinski definition) is 20. The number of nitrogens with two attached hydrogens (primary N) is 2. The Morgan fingerprint density at radius 1 is 0.692 bits per heavy atom. The summed E-state index contributed by atoms with van der Waals surface area (Å²) in [5, 5.41) is 56.7. The number of rotatable bonds is 34. The summed E-state index contributed by atoms with van der Waals surface area (Å²) < 4.78 is 6.68. The van der Waals surface area contributed by atoms with Crippen molar-refractivity contribution >= 4 is 98.4 Å². The van der Waals surface area contributed by atoms with Gasteiger partial charge in [0.05, 0.1) is 23.3 Å². The molecule has 2 aliphatic heterocycles. The Hall–Kier alpha value is -7.12. The first-order chi connectivity index (χ1) is 50.2. The third kappa shape index (κ3) is 35.9. The van der Waals surface area contributed by atoms with Crippen molar-refractivity contribution in [2.75, 3.05) is 41.3 Å². The maximum Gasteiger partial charge on any atom is 0.355 e. The Morgan fingerprint density at radius 3 is 1.59 bits per heavy atom. The van der Waals surface area contributed by atoms with Crippen LogP contribution in [-0.4, -0.2) is 206 Å². The number of benzene rings is 2. The number of carbonyl (C=O) groups is 10. The lowest BCUT2D eigenvalue weighted by Gasteiger charge is -2.41. The molecule has 2 saturated heterocycles. The zero-order valence-corrected chi connectivity index (χ0v) is 69.2. The number of nitrogens with zero attached hydrogens (tertiary/aromatic N) is 5. The Bertz CT molecular complexity index is 3310. The van der Waals surface area contributed by atoms with Crippen LogP contribution in [0.25, 0.3) is 0 Å². The van der Waals surface area contributed by atoms with E-state index < -0.39 is 77.3 Å². The lowest BCUT2D eigenvalue weighted by Crippen LogP contribution is -2.58. The van der Waals surface area contributed by atoms with Gasteiger partial charge in [0, 0.05) is 61.7 Å². The number of aromatic nitrogens is 2. The molecule has 26 nitrogen and oxygen atoms in total. The zero-order valence-electron chi connectivity index (χ0n) is 66.0. The Morgan fingerprint density at radius 2 is 1.21 bits per heavy atom. The molecular formula is C78H125BrN10O16S2. The van der Waals surface area contributed by atoms with E-state index in [1.54, 1.807) is 31.2 Å². The molecule has 602 valence electrons. The number of carboxylic acid groups (broad SMARTS) is 5. The van der Waals surface area contributed by atoms with Gasteiger partial charge in [0.2, 0.25) is 11.8 Å². The molecule has 14 atom stereocenters. The fraction of sp³-hybridized carbons (Fsp3) is 0.641. The van der Waals surface area contributed by atoms with Crippen LogP contribution in [0, 0.1) is 35.5 Å². The van der Waals surface area contributed by atoms with Crippen LogP contribution in [-0.2, 0) is 61.3 Å². The van der Waals surface area contributed by atoms with E-state index in [-0.39, 0.29) is 77.5 Å². The predicted octanol–water partition coefficient (Wildman–Crippen LogP) is 11.2. The van der Waals surface area contributed by atoms with Crippen molar-refractivity contribution in [1.29, 1.82) is 0 Å². The number of nitrogens with one attached hydrogen (secondary N) is 3.